The molecule has 1 unspecified atom stereocenters. The molecule has 132 valence electrons. The van der Waals surface area contributed by atoms with Gasteiger partial charge in [0, 0.05) is 39.3 Å². The summed E-state index contributed by atoms with van der Waals surface area (Å²) in [6.07, 6.45) is 0.914. The van der Waals surface area contributed by atoms with Gasteiger partial charge in [0.2, 0.25) is 0 Å². The Kier molecular flexibility index (Phi) is 10.9. The Bertz CT molecular complexity index is 383. The van der Waals surface area contributed by atoms with Crippen molar-refractivity contribution in [2.75, 3.05) is 45.8 Å². The van der Waals surface area contributed by atoms with Crippen LogP contribution in [-0.2, 0) is 6.54 Å². The molecule has 0 fully saturated rings. The lowest BCUT2D eigenvalue weighted by atomic mass is 10.2. The van der Waals surface area contributed by atoms with Crippen molar-refractivity contribution in [1.82, 2.24) is 15.1 Å². The minimum atomic E-state index is -0.268. The van der Waals surface area contributed by atoms with Gasteiger partial charge in [0.05, 0.1) is 6.10 Å². The number of nitrogens with zero attached hydrogens (tertiary/aromatic N) is 2. The molecule has 0 heterocycles. The first-order chi connectivity index (χ1) is 11.2. The van der Waals surface area contributed by atoms with Gasteiger partial charge in [-0.2, -0.15) is 0 Å². The molecule has 0 bridgehead atoms. The van der Waals surface area contributed by atoms with E-state index in [9.17, 15) is 5.11 Å². The number of aliphatic hydroxyl groups excluding tert-OH is 1. The minimum absolute atomic E-state index is 0.268. The molecule has 0 aliphatic heterocycles. The van der Waals surface area contributed by atoms with Gasteiger partial charge in [-0.3, -0.25) is 4.90 Å². The summed E-state index contributed by atoms with van der Waals surface area (Å²) in [5.74, 6) is 0. The number of likely N-dealkylation sites (N-methyl/N-ethyl adjacent to an activating group) is 1. The van der Waals surface area contributed by atoms with Crippen molar-refractivity contribution in [3.63, 3.8) is 0 Å². The van der Waals surface area contributed by atoms with Crippen LogP contribution in [0.3, 0.4) is 0 Å². The van der Waals surface area contributed by atoms with E-state index >= 15 is 0 Å². The number of hydrogen-bond donors (Lipinski definition) is 2. The van der Waals surface area contributed by atoms with Crippen LogP contribution < -0.4 is 5.32 Å². The van der Waals surface area contributed by atoms with Crippen LogP contribution in [0.2, 0.25) is 0 Å². The van der Waals surface area contributed by atoms with Crippen LogP contribution in [0.25, 0.3) is 0 Å². The first kappa shape index (κ1) is 20.1. The van der Waals surface area contributed by atoms with Gasteiger partial charge in [-0.25, -0.2) is 0 Å². The third kappa shape index (κ3) is 9.72. The summed E-state index contributed by atoms with van der Waals surface area (Å²) in [7, 11) is 0. The zero-order valence-corrected chi connectivity index (χ0v) is 15.2. The van der Waals surface area contributed by atoms with Crippen molar-refractivity contribution in [3.05, 3.63) is 35.9 Å². The van der Waals surface area contributed by atoms with Crippen LogP contribution in [0.5, 0.6) is 0 Å². The molecule has 0 amide bonds. The van der Waals surface area contributed by atoms with Gasteiger partial charge >= 0.3 is 0 Å². The average molecular weight is 322 g/mol. The highest BCUT2D eigenvalue weighted by Gasteiger charge is 2.08. The molecule has 0 spiro atoms. The zero-order chi connectivity index (χ0) is 16.9. The number of benzene rings is 1. The Hall–Kier alpha value is -0.940. The SMILES string of the molecule is CCCN(CCNCC(C)O)CCN(CC)Cc1ccccc1. The van der Waals surface area contributed by atoms with Crippen LogP contribution in [0.15, 0.2) is 30.3 Å². The topological polar surface area (TPSA) is 38.7 Å². The molecule has 23 heavy (non-hydrogen) atoms. The summed E-state index contributed by atoms with van der Waals surface area (Å²) >= 11 is 0. The van der Waals surface area contributed by atoms with Gasteiger partial charge in [-0.1, -0.05) is 44.2 Å². The number of hydrogen-bond acceptors (Lipinski definition) is 4. The molecule has 1 atom stereocenters. The number of aliphatic hydroxyl groups is 1. The normalized spacial score (nSPS) is 13.0. The summed E-state index contributed by atoms with van der Waals surface area (Å²) < 4.78 is 0. The predicted octanol–water partition coefficient (Wildman–Crippen LogP) is 2.19. The monoisotopic (exact) mass is 321 g/mol. The Balaban J connectivity index is 2.33. The fourth-order valence-corrected chi connectivity index (χ4v) is 2.67. The molecule has 0 aliphatic rings. The molecule has 0 aromatic heterocycles. The third-order valence-electron chi connectivity index (χ3n) is 4.01. The van der Waals surface area contributed by atoms with E-state index in [2.05, 4.69) is 59.3 Å². The van der Waals surface area contributed by atoms with Crippen molar-refractivity contribution in [2.24, 2.45) is 0 Å². The van der Waals surface area contributed by atoms with Crippen LogP contribution in [0.1, 0.15) is 32.8 Å². The van der Waals surface area contributed by atoms with Crippen molar-refractivity contribution >= 4 is 0 Å². The molecule has 1 rings (SSSR count). The molecular formula is C19H35N3O. The van der Waals surface area contributed by atoms with Gasteiger partial charge in [0.25, 0.3) is 0 Å². The second-order valence-corrected chi connectivity index (χ2v) is 6.25. The second-order valence-electron chi connectivity index (χ2n) is 6.25. The maximum absolute atomic E-state index is 9.29. The summed E-state index contributed by atoms with van der Waals surface area (Å²) in [5.41, 5.74) is 1.38. The highest BCUT2D eigenvalue weighted by Crippen LogP contribution is 2.04. The quantitative estimate of drug-likeness (QED) is 0.546. The molecule has 2 N–H and O–H groups in total. The first-order valence-corrected chi connectivity index (χ1v) is 9.03. The highest BCUT2D eigenvalue weighted by atomic mass is 16.3. The summed E-state index contributed by atoms with van der Waals surface area (Å²) in [6.45, 7) is 14.4. The van der Waals surface area contributed by atoms with Crippen LogP contribution in [-0.4, -0.2) is 66.8 Å². The van der Waals surface area contributed by atoms with Gasteiger partial charge < -0.3 is 15.3 Å². The summed E-state index contributed by atoms with van der Waals surface area (Å²) in [6, 6.07) is 10.7. The molecule has 0 saturated carbocycles. The standard InChI is InChI=1S/C19H35N3O/c1-4-12-22(13-11-20-16-18(3)23)15-14-21(5-2)17-19-9-7-6-8-10-19/h6-10,18,20,23H,4-5,11-17H2,1-3H3. The molecule has 0 aliphatic carbocycles. The molecule has 4 nitrogen and oxygen atoms in total. The van der Waals surface area contributed by atoms with Crippen molar-refractivity contribution in [2.45, 2.75) is 39.8 Å². The van der Waals surface area contributed by atoms with Crippen molar-refractivity contribution in [3.8, 4) is 0 Å². The van der Waals surface area contributed by atoms with E-state index in [0.29, 0.717) is 6.54 Å². The van der Waals surface area contributed by atoms with Gasteiger partial charge in [-0.15, -0.1) is 0 Å². The minimum Gasteiger partial charge on any atom is -0.392 e. The van der Waals surface area contributed by atoms with E-state index in [1.807, 2.05) is 6.92 Å². The third-order valence-corrected chi connectivity index (χ3v) is 4.01. The molecule has 0 saturated heterocycles. The lowest BCUT2D eigenvalue weighted by Gasteiger charge is -2.27. The second kappa shape index (κ2) is 12.5. The summed E-state index contributed by atoms with van der Waals surface area (Å²) in [5, 5.41) is 12.6. The van der Waals surface area contributed by atoms with E-state index in [-0.39, 0.29) is 6.10 Å². The summed E-state index contributed by atoms with van der Waals surface area (Å²) in [4.78, 5) is 5.02. The predicted molar refractivity (Wildman–Crippen MR) is 98.7 cm³/mol. The van der Waals surface area contributed by atoms with Crippen LogP contribution in [0, 0.1) is 0 Å². The van der Waals surface area contributed by atoms with Crippen molar-refractivity contribution in [1.29, 1.82) is 0 Å². The Morgan fingerprint density at radius 2 is 1.70 bits per heavy atom. The van der Waals surface area contributed by atoms with Gasteiger partial charge in [-0.05, 0) is 32.0 Å². The lowest BCUT2D eigenvalue weighted by molar-refractivity contribution is 0.182. The van der Waals surface area contributed by atoms with E-state index in [1.54, 1.807) is 0 Å². The van der Waals surface area contributed by atoms with E-state index < -0.39 is 0 Å². The molecular weight excluding hydrogens is 286 g/mol. The maximum atomic E-state index is 9.29. The average Bonchev–Trinajstić information content (AvgIpc) is 2.55. The number of rotatable bonds is 13. The van der Waals surface area contributed by atoms with Crippen molar-refractivity contribution < 1.29 is 5.11 Å². The first-order valence-electron chi connectivity index (χ1n) is 9.03. The number of nitrogens with one attached hydrogen (secondary N) is 1. The maximum Gasteiger partial charge on any atom is 0.0636 e. The molecule has 0 radical (unpaired) electrons. The van der Waals surface area contributed by atoms with E-state index in [4.69, 9.17) is 0 Å². The Labute approximate surface area is 142 Å². The molecule has 1 aromatic carbocycles. The largest absolute Gasteiger partial charge is 0.392 e. The molecule has 1 aromatic rings. The Morgan fingerprint density at radius 1 is 1.00 bits per heavy atom. The smallest absolute Gasteiger partial charge is 0.0636 e. The van der Waals surface area contributed by atoms with Crippen LogP contribution in [0.4, 0.5) is 0 Å². The fraction of sp³-hybridized carbons (Fsp3) is 0.684. The van der Waals surface area contributed by atoms with E-state index in [1.165, 1.54) is 12.0 Å². The van der Waals surface area contributed by atoms with Crippen LogP contribution >= 0.6 is 0 Å². The Morgan fingerprint density at radius 3 is 2.30 bits per heavy atom. The zero-order valence-electron chi connectivity index (χ0n) is 15.2. The van der Waals surface area contributed by atoms with Gasteiger partial charge in [0.1, 0.15) is 0 Å². The lowest BCUT2D eigenvalue weighted by Crippen LogP contribution is -2.39. The fourth-order valence-electron chi connectivity index (χ4n) is 2.67. The van der Waals surface area contributed by atoms with E-state index in [0.717, 1.165) is 45.8 Å². The highest BCUT2D eigenvalue weighted by molar-refractivity contribution is 5.14. The molecule has 4 heteroatoms. The van der Waals surface area contributed by atoms with Gasteiger partial charge in [0.15, 0.2) is 0 Å².